The number of hydrogen-bond donors (Lipinski definition) is 0. The molecule has 1 unspecified atom stereocenters. The summed E-state index contributed by atoms with van der Waals surface area (Å²) in [6.45, 7) is 4.39. The number of esters is 1. The second kappa shape index (κ2) is 3.93. The highest BCUT2D eigenvalue weighted by molar-refractivity contribution is 5.73. The quantitative estimate of drug-likeness (QED) is 0.677. The Morgan fingerprint density at radius 1 is 1.38 bits per heavy atom. The summed E-state index contributed by atoms with van der Waals surface area (Å²) in [6, 6.07) is 8.39. The van der Waals surface area contributed by atoms with Gasteiger partial charge in [-0.2, -0.15) is 0 Å². The molecule has 0 saturated heterocycles. The molecule has 16 heavy (non-hydrogen) atoms. The summed E-state index contributed by atoms with van der Waals surface area (Å²) in [5.74, 6) is -0.0718. The van der Waals surface area contributed by atoms with Gasteiger partial charge >= 0.3 is 5.97 Å². The zero-order valence-electron chi connectivity index (χ0n) is 10.1. The zero-order chi connectivity index (χ0) is 11.8. The van der Waals surface area contributed by atoms with E-state index in [9.17, 15) is 4.79 Å². The predicted octanol–water partition coefficient (Wildman–Crippen LogP) is 2.70. The highest BCUT2D eigenvalue weighted by Crippen LogP contribution is 2.39. The summed E-state index contributed by atoms with van der Waals surface area (Å²) in [6.07, 6.45) is 1.68. The van der Waals surface area contributed by atoms with Crippen molar-refractivity contribution in [2.75, 3.05) is 7.11 Å². The van der Waals surface area contributed by atoms with Crippen molar-refractivity contribution in [3.05, 3.63) is 35.4 Å². The predicted molar refractivity (Wildman–Crippen MR) is 63.3 cm³/mol. The average Bonchev–Trinajstić information content (AvgIpc) is 2.27. The highest BCUT2D eigenvalue weighted by atomic mass is 16.5. The molecule has 0 N–H and O–H groups in total. The fourth-order valence-electron chi connectivity index (χ4n) is 2.76. The number of ether oxygens (including phenoxy) is 1. The van der Waals surface area contributed by atoms with Crippen molar-refractivity contribution >= 4 is 5.97 Å². The van der Waals surface area contributed by atoms with E-state index in [4.69, 9.17) is 4.74 Å². The molecule has 0 amide bonds. The summed E-state index contributed by atoms with van der Waals surface area (Å²) in [7, 11) is 1.47. The van der Waals surface area contributed by atoms with Crippen LogP contribution < -0.4 is 0 Å². The average molecular weight is 218 g/mol. The molecule has 1 atom stereocenters. The maximum Gasteiger partial charge on any atom is 0.309 e. The first-order valence-electron chi connectivity index (χ1n) is 5.71. The van der Waals surface area contributed by atoms with Crippen molar-refractivity contribution in [3.63, 3.8) is 0 Å². The van der Waals surface area contributed by atoms with Crippen LogP contribution in [-0.2, 0) is 21.4 Å². The van der Waals surface area contributed by atoms with Gasteiger partial charge in [0.05, 0.1) is 13.0 Å². The van der Waals surface area contributed by atoms with Crippen LogP contribution in [0.25, 0.3) is 0 Å². The number of rotatable bonds is 1. The first-order valence-corrected chi connectivity index (χ1v) is 5.71. The minimum absolute atomic E-state index is 0.00917. The Kier molecular flexibility index (Phi) is 2.75. The van der Waals surface area contributed by atoms with Gasteiger partial charge < -0.3 is 4.74 Å². The van der Waals surface area contributed by atoms with Crippen LogP contribution in [0.5, 0.6) is 0 Å². The molecule has 0 saturated carbocycles. The van der Waals surface area contributed by atoms with E-state index < -0.39 is 0 Å². The molecule has 0 radical (unpaired) electrons. The molecule has 86 valence electrons. The van der Waals surface area contributed by atoms with Crippen molar-refractivity contribution in [1.82, 2.24) is 0 Å². The number of hydrogen-bond acceptors (Lipinski definition) is 2. The first kappa shape index (κ1) is 11.2. The van der Waals surface area contributed by atoms with Crippen LogP contribution in [0.1, 0.15) is 31.4 Å². The SMILES string of the molecule is COC(=O)C1Cc2ccccc2C(C)(C)C1. The molecular formula is C14H18O2. The van der Waals surface area contributed by atoms with Gasteiger partial charge in [0.15, 0.2) is 0 Å². The standard InChI is InChI=1S/C14H18O2/c1-14(2)9-11(13(15)16-3)8-10-6-4-5-7-12(10)14/h4-7,11H,8-9H2,1-3H3. The summed E-state index contributed by atoms with van der Waals surface area (Å²) < 4.78 is 4.86. The molecule has 0 aliphatic heterocycles. The Labute approximate surface area is 96.6 Å². The minimum Gasteiger partial charge on any atom is -0.469 e. The summed E-state index contributed by atoms with van der Waals surface area (Å²) in [4.78, 5) is 11.6. The van der Waals surface area contributed by atoms with Crippen LogP contribution in [0.2, 0.25) is 0 Å². The monoisotopic (exact) mass is 218 g/mol. The molecule has 1 aliphatic carbocycles. The van der Waals surface area contributed by atoms with Crippen LogP contribution in [-0.4, -0.2) is 13.1 Å². The van der Waals surface area contributed by atoms with Crippen molar-refractivity contribution in [2.45, 2.75) is 32.1 Å². The van der Waals surface area contributed by atoms with E-state index in [0.717, 1.165) is 12.8 Å². The molecule has 0 aromatic heterocycles. The van der Waals surface area contributed by atoms with E-state index in [1.54, 1.807) is 0 Å². The van der Waals surface area contributed by atoms with Gasteiger partial charge in [0.2, 0.25) is 0 Å². The number of methoxy groups -OCH3 is 1. The largest absolute Gasteiger partial charge is 0.469 e. The van der Waals surface area contributed by atoms with Gasteiger partial charge in [-0.05, 0) is 29.4 Å². The van der Waals surface area contributed by atoms with E-state index >= 15 is 0 Å². The highest BCUT2D eigenvalue weighted by Gasteiger charge is 2.36. The third-order valence-corrected chi connectivity index (χ3v) is 3.50. The van der Waals surface area contributed by atoms with Crippen molar-refractivity contribution in [3.8, 4) is 0 Å². The van der Waals surface area contributed by atoms with Gasteiger partial charge in [-0.15, -0.1) is 0 Å². The van der Waals surface area contributed by atoms with E-state index in [2.05, 4.69) is 32.0 Å². The first-order chi connectivity index (χ1) is 7.54. The van der Waals surface area contributed by atoms with Gasteiger partial charge in [-0.25, -0.2) is 0 Å². The lowest BCUT2D eigenvalue weighted by Gasteiger charge is -2.36. The molecule has 1 aromatic carbocycles. The van der Waals surface area contributed by atoms with Gasteiger partial charge in [0.1, 0.15) is 0 Å². The summed E-state index contributed by atoms with van der Waals surface area (Å²) >= 11 is 0. The zero-order valence-corrected chi connectivity index (χ0v) is 10.1. The molecule has 0 bridgehead atoms. The van der Waals surface area contributed by atoms with Crippen molar-refractivity contribution in [1.29, 1.82) is 0 Å². The minimum atomic E-state index is -0.0809. The lowest BCUT2D eigenvalue weighted by molar-refractivity contribution is -0.146. The molecule has 2 heteroatoms. The summed E-state index contributed by atoms with van der Waals surface area (Å²) in [5.41, 5.74) is 2.72. The fraction of sp³-hybridized carbons (Fsp3) is 0.500. The lowest BCUT2D eigenvalue weighted by Crippen LogP contribution is -2.34. The van der Waals surface area contributed by atoms with Crippen LogP contribution in [0.3, 0.4) is 0 Å². The van der Waals surface area contributed by atoms with Crippen LogP contribution in [0.15, 0.2) is 24.3 Å². The van der Waals surface area contributed by atoms with Crippen molar-refractivity contribution in [2.24, 2.45) is 5.92 Å². The molecule has 0 heterocycles. The van der Waals surface area contributed by atoms with E-state index in [1.165, 1.54) is 18.2 Å². The Morgan fingerprint density at radius 2 is 2.06 bits per heavy atom. The maximum atomic E-state index is 11.6. The van der Waals surface area contributed by atoms with Gasteiger partial charge in [0.25, 0.3) is 0 Å². The van der Waals surface area contributed by atoms with Crippen molar-refractivity contribution < 1.29 is 9.53 Å². The van der Waals surface area contributed by atoms with E-state index in [-0.39, 0.29) is 17.3 Å². The smallest absolute Gasteiger partial charge is 0.309 e. The molecule has 1 aliphatic rings. The Bertz CT molecular complexity index is 407. The molecule has 2 rings (SSSR count). The molecule has 2 nitrogen and oxygen atoms in total. The molecular weight excluding hydrogens is 200 g/mol. The molecule has 0 fully saturated rings. The lowest BCUT2D eigenvalue weighted by atomic mass is 9.68. The maximum absolute atomic E-state index is 11.6. The molecule has 1 aromatic rings. The van der Waals surface area contributed by atoms with Gasteiger partial charge in [0, 0.05) is 0 Å². The van der Waals surface area contributed by atoms with Crippen LogP contribution in [0, 0.1) is 5.92 Å². The van der Waals surface area contributed by atoms with E-state index in [0.29, 0.717) is 0 Å². The third-order valence-electron chi connectivity index (χ3n) is 3.50. The van der Waals surface area contributed by atoms with Crippen LogP contribution >= 0.6 is 0 Å². The van der Waals surface area contributed by atoms with Gasteiger partial charge in [-0.1, -0.05) is 38.1 Å². The third kappa shape index (κ3) is 1.84. The fourth-order valence-corrected chi connectivity index (χ4v) is 2.76. The second-order valence-electron chi connectivity index (χ2n) is 5.17. The number of fused-ring (bicyclic) bond motifs is 1. The summed E-state index contributed by atoms with van der Waals surface area (Å²) in [5, 5.41) is 0. The number of benzene rings is 1. The van der Waals surface area contributed by atoms with Crippen LogP contribution in [0.4, 0.5) is 0 Å². The van der Waals surface area contributed by atoms with Gasteiger partial charge in [-0.3, -0.25) is 4.79 Å². The Hall–Kier alpha value is -1.31. The van der Waals surface area contributed by atoms with E-state index in [1.807, 2.05) is 6.07 Å². The number of carbonyl (C=O) groups excluding carboxylic acids is 1. The topological polar surface area (TPSA) is 26.3 Å². The number of carbonyl (C=O) groups is 1. The Morgan fingerprint density at radius 3 is 2.75 bits per heavy atom. The second-order valence-corrected chi connectivity index (χ2v) is 5.17. The normalized spacial score (nSPS) is 22.3. The molecule has 0 spiro atoms. The Balaban J connectivity index is 2.37.